The monoisotopic (exact) mass is 495 g/mol. The third kappa shape index (κ3) is 5.10. The summed E-state index contributed by atoms with van der Waals surface area (Å²) in [7, 11) is -3.40. The summed E-state index contributed by atoms with van der Waals surface area (Å²) < 4.78 is 28.4. The fourth-order valence-corrected chi connectivity index (χ4v) is 3.78. The number of anilines is 1. The van der Waals surface area contributed by atoms with Crippen LogP contribution in [0, 0.1) is 3.57 Å². The average Bonchev–Trinajstić information content (AvgIpc) is 3.09. The quantitative estimate of drug-likeness (QED) is 0.515. The molecule has 140 valence electrons. The highest BCUT2D eigenvalue weighted by molar-refractivity contribution is 14.1. The van der Waals surface area contributed by atoms with Crippen molar-refractivity contribution in [1.29, 1.82) is 0 Å². The van der Waals surface area contributed by atoms with Gasteiger partial charge >= 0.3 is 0 Å². The summed E-state index contributed by atoms with van der Waals surface area (Å²) >= 11 is 2.23. The largest absolute Gasteiger partial charge is 0.347 e. The fraction of sp³-hybridized carbons (Fsp3) is 0.105. The lowest BCUT2D eigenvalue weighted by atomic mass is 10.2. The Morgan fingerprint density at radius 2 is 1.85 bits per heavy atom. The molecule has 3 aromatic rings. The van der Waals surface area contributed by atoms with E-state index in [2.05, 4.69) is 32.6 Å². The minimum atomic E-state index is -3.40. The number of carbonyl (C=O) groups excluding carboxylic acids is 1. The molecule has 0 spiro atoms. The van der Waals surface area contributed by atoms with Crippen LogP contribution in [-0.4, -0.2) is 25.1 Å². The van der Waals surface area contributed by atoms with Crippen molar-refractivity contribution < 1.29 is 13.2 Å². The van der Waals surface area contributed by atoms with E-state index in [1.54, 1.807) is 30.3 Å². The first-order valence-electron chi connectivity index (χ1n) is 8.11. The predicted octanol–water partition coefficient (Wildman–Crippen LogP) is 3.38. The summed E-state index contributed by atoms with van der Waals surface area (Å²) in [5.41, 5.74) is 2.54. The lowest BCUT2D eigenvalue weighted by molar-refractivity contribution is 0.0944. The van der Waals surface area contributed by atoms with Gasteiger partial charge in [0, 0.05) is 22.0 Å². The molecular weight excluding hydrogens is 477 g/mol. The number of para-hydroxylation sites is 1. The fourth-order valence-electron chi connectivity index (χ4n) is 2.66. The molecular formula is C19H18IN3O3S. The number of carbonyl (C=O) groups is 1. The summed E-state index contributed by atoms with van der Waals surface area (Å²) in [5, 5.41) is 2.86. The number of rotatable bonds is 6. The molecule has 0 atom stereocenters. The van der Waals surface area contributed by atoms with E-state index in [4.69, 9.17) is 0 Å². The van der Waals surface area contributed by atoms with Crippen LogP contribution in [0.15, 0.2) is 66.9 Å². The Morgan fingerprint density at radius 1 is 1.07 bits per heavy atom. The molecule has 1 amide bonds. The van der Waals surface area contributed by atoms with Crippen LogP contribution in [0.1, 0.15) is 16.1 Å². The van der Waals surface area contributed by atoms with Crippen molar-refractivity contribution in [3.63, 3.8) is 0 Å². The third-order valence-corrected chi connectivity index (χ3v) is 5.08. The van der Waals surface area contributed by atoms with E-state index in [-0.39, 0.29) is 12.5 Å². The van der Waals surface area contributed by atoms with Crippen LogP contribution < -0.4 is 10.0 Å². The van der Waals surface area contributed by atoms with Crippen molar-refractivity contribution in [3.05, 3.63) is 81.7 Å². The van der Waals surface area contributed by atoms with Gasteiger partial charge in [-0.2, -0.15) is 0 Å². The van der Waals surface area contributed by atoms with E-state index in [9.17, 15) is 13.2 Å². The Labute approximate surface area is 171 Å². The number of sulfonamides is 1. The summed E-state index contributed by atoms with van der Waals surface area (Å²) in [5.74, 6) is -0.243. The molecule has 8 heteroatoms. The van der Waals surface area contributed by atoms with Gasteiger partial charge < -0.3 is 9.88 Å². The number of amides is 1. The first-order valence-corrected chi connectivity index (χ1v) is 11.1. The van der Waals surface area contributed by atoms with Gasteiger partial charge in [0.2, 0.25) is 10.0 Å². The smallest absolute Gasteiger partial charge is 0.268 e. The molecule has 0 aliphatic heterocycles. The minimum Gasteiger partial charge on any atom is -0.347 e. The number of nitrogens with one attached hydrogen (secondary N) is 2. The second-order valence-corrected chi connectivity index (χ2v) is 8.95. The third-order valence-electron chi connectivity index (χ3n) is 3.82. The molecule has 27 heavy (non-hydrogen) atoms. The molecule has 6 nitrogen and oxygen atoms in total. The van der Waals surface area contributed by atoms with Crippen molar-refractivity contribution in [2.75, 3.05) is 11.0 Å². The van der Waals surface area contributed by atoms with Gasteiger partial charge in [-0.1, -0.05) is 24.3 Å². The van der Waals surface area contributed by atoms with Crippen molar-refractivity contribution in [2.24, 2.45) is 0 Å². The summed E-state index contributed by atoms with van der Waals surface area (Å²) in [6.07, 6.45) is 2.93. The van der Waals surface area contributed by atoms with E-state index in [1.165, 1.54) is 0 Å². The Kier molecular flexibility index (Phi) is 5.85. The number of benzene rings is 2. The zero-order valence-electron chi connectivity index (χ0n) is 14.5. The number of halogens is 1. The Bertz CT molecular complexity index is 1080. The van der Waals surface area contributed by atoms with E-state index in [0.717, 1.165) is 15.5 Å². The van der Waals surface area contributed by atoms with Crippen LogP contribution in [0.5, 0.6) is 0 Å². The molecule has 0 fully saturated rings. The van der Waals surface area contributed by atoms with Crippen LogP contribution in [-0.2, 0) is 16.6 Å². The SMILES string of the molecule is CS(=O)(=O)Nc1ccccc1CNC(=O)c1cccn1-c1cccc(I)c1. The van der Waals surface area contributed by atoms with E-state index in [1.807, 2.05) is 41.1 Å². The highest BCUT2D eigenvalue weighted by Crippen LogP contribution is 2.18. The zero-order valence-corrected chi connectivity index (χ0v) is 17.5. The molecule has 2 N–H and O–H groups in total. The van der Waals surface area contributed by atoms with Crippen molar-refractivity contribution in [2.45, 2.75) is 6.54 Å². The van der Waals surface area contributed by atoms with E-state index in [0.29, 0.717) is 16.9 Å². The Morgan fingerprint density at radius 3 is 2.59 bits per heavy atom. The first-order chi connectivity index (χ1) is 12.8. The number of aromatic nitrogens is 1. The van der Waals surface area contributed by atoms with Gasteiger partial charge in [-0.25, -0.2) is 8.42 Å². The van der Waals surface area contributed by atoms with Gasteiger partial charge in [0.25, 0.3) is 5.91 Å². The maximum absolute atomic E-state index is 12.7. The topological polar surface area (TPSA) is 80.2 Å². The van der Waals surface area contributed by atoms with Gasteiger partial charge in [0.15, 0.2) is 0 Å². The lowest BCUT2D eigenvalue weighted by Gasteiger charge is -2.13. The van der Waals surface area contributed by atoms with Gasteiger partial charge in [0.1, 0.15) is 5.69 Å². The lowest BCUT2D eigenvalue weighted by Crippen LogP contribution is -2.25. The molecule has 0 saturated carbocycles. The molecule has 3 rings (SSSR count). The van der Waals surface area contributed by atoms with E-state index >= 15 is 0 Å². The number of hydrogen-bond donors (Lipinski definition) is 2. The number of nitrogens with zero attached hydrogens (tertiary/aromatic N) is 1. The van der Waals surface area contributed by atoms with Gasteiger partial charge in [-0.3, -0.25) is 9.52 Å². The summed E-state index contributed by atoms with van der Waals surface area (Å²) in [4.78, 5) is 12.7. The van der Waals surface area contributed by atoms with Crippen LogP contribution in [0.3, 0.4) is 0 Å². The van der Waals surface area contributed by atoms with Crippen molar-refractivity contribution in [3.8, 4) is 5.69 Å². The van der Waals surface area contributed by atoms with Crippen molar-refractivity contribution in [1.82, 2.24) is 9.88 Å². The first kappa shape index (κ1) is 19.4. The average molecular weight is 495 g/mol. The van der Waals surface area contributed by atoms with E-state index < -0.39 is 10.0 Å². The molecule has 0 radical (unpaired) electrons. The highest BCUT2D eigenvalue weighted by Gasteiger charge is 2.13. The molecule has 2 aromatic carbocycles. The van der Waals surface area contributed by atoms with Crippen LogP contribution in [0.2, 0.25) is 0 Å². The standard InChI is InChI=1S/C19H18IN3O3S/c1-27(25,26)22-17-9-3-2-6-14(17)13-21-19(24)18-10-5-11-23(18)16-8-4-7-15(20)12-16/h2-12,22H,13H2,1H3,(H,21,24). The second-order valence-electron chi connectivity index (χ2n) is 5.96. The van der Waals surface area contributed by atoms with Gasteiger partial charge in [-0.15, -0.1) is 0 Å². The highest BCUT2D eigenvalue weighted by atomic mass is 127. The minimum absolute atomic E-state index is 0.203. The Hall–Kier alpha value is -2.33. The second kappa shape index (κ2) is 8.13. The van der Waals surface area contributed by atoms with Crippen molar-refractivity contribution >= 4 is 44.2 Å². The maximum Gasteiger partial charge on any atom is 0.268 e. The molecule has 0 saturated heterocycles. The molecule has 1 aromatic heterocycles. The maximum atomic E-state index is 12.7. The summed E-state index contributed by atoms with van der Waals surface area (Å²) in [6, 6.07) is 18.4. The molecule has 1 heterocycles. The number of hydrogen-bond acceptors (Lipinski definition) is 3. The molecule has 0 aliphatic rings. The van der Waals surface area contributed by atoms with Gasteiger partial charge in [0.05, 0.1) is 11.9 Å². The normalized spacial score (nSPS) is 11.2. The summed E-state index contributed by atoms with van der Waals surface area (Å²) in [6.45, 7) is 0.203. The van der Waals surface area contributed by atoms with Crippen LogP contribution in [0.4, 0.5) is 5.69 Å². The molecule has 0 unspecified atom stereocenters. The Balaban J connectivity index is 1.78. The molecule has 0 aliphatic carbocycles. The van der Waals surface area contributed by atoms with Crippen LogP contribution in [0.25, 0.3) is 5.69 Å². The molecule has 0 bridgehead atoms. The predicted molar refractivity (Wildman–Crippen MR) is 115 cm³/mol. The van der Waals surface area contributed by atoms with Gasteiger partial charge in [-0.05, 0) is 64.6 Å². The van der Waals surface area contributed by atoms with Crippen LogP contribution >= 0.6 is 22.6 Å². The zero-order chi connectivity index (χ0) is 19.4.